The van der Waals surface area contributed by atoms with Gasteiger partial charge in [0.15, 0.2) is 5.82 Å². The molecule has 3 heterocycles. The van der Waals surface area contributed by atoms with Crippen molar-refractivity contribution < 1.29 is 9.53 Å². The molecule has 0 bridgehead atoms. The number of piperidine rings is 1. The minimum Gasteiger partial charge on any atom is -0.375 e. The van der Waals surface area contributed by atoms with Crippen molar-refractivity contribution in [3.05, 3.63) is 22.7 Å². The van der Waals surface area contributed by atoms with E-state index in [-0.39, 0.29) is 23.6 Å². The van der Waals surface area contributed by atoms with Crippen molar-refractivity contribution in [2.24, 2.45) is 7.05 Å². The molecule has 0 spiro atoms. The molecule has 2 fully saturated rings. The fourth-order valence-electron chi connectivity index (χ4n) is 3.68. The summed E-state index contributed by atoms with van der Waals surface area (Å²) in [7, 11) is 1.72. The van der Waals surface area contributed by atoms with Gasteiger partial charge in [-0.3, -0.25) is 9.59 Å². The van der Waals surface area contributed by atoms with E-state index in [2.05, 4.69) is 17.2 Å². The lowest BCUT2D eigenvalue weighted by atomic mass is 10.0. The first-order valence-corrected chi connectivity index (χ1v) is 9.24. The van der Waals surface area contributed by atoms with Gasteiger partial charge >= 0.3 is 0 Å². The quantitative estimate of drug-likeness (QED) is 0.866. The second-order valence-corrected chi connectivity index (χ2v) is 7.20. The monoisotopic (exact) mass is 348 g/mol. The van der Waals surface area contributed by atoms with E-state index in [0.29, 0.717) is 24.9 Å². The van der Waals surface area contributed by atoms with Crippen LogP contribution >= 0.6 is 0 Å². The Morgan fingerprint density at radius 2 is 2.24 bits per heavy atom. The number of aryl methyl sites for hydroxylation is 1. The summed E-state index contributed by atoms with van der Waals surface area (Å²) in [6.07, 6.45) is 9.13. The van der Waals surface area contributed by atoms with Gasteiger partial charge < -0.3 is 19.5 Å². The van der Waals surface area contributed by atoms with Crippen LogP contribution in [0.2, 0.25) is 0 Å². The third-order valence-electron chi connectivity index (χ3n) is 5.10. The van der Waals surface area contributed by atoms with Crippen LogP contribution in [0.25, 0.3) is 0 Å². The SMILES string of the molecule is C[C@@H]1CC[C@H](CCC(=O)N[C@H]2CCCN(c3nccn(C)c3=O)C2)O1. The summed E-state index contributed by atoms with van der Waals surface area (Å²) < 4.78 is 7.30. The molecular weight excluding hydrogens is 320 g/mol. The molecule has 0 aliphatic carbocycles. The third kappa shape index (κ3) is 4.60. The summed E-state index contributed by atoms with van der Waals surface area (Å²) >= 11 is 0. The highest BCUT2D eigenvalue weighted by molar-refractivity contribution is 5.76. The van der Waals surface area contributed by atoms with Crippen molar-refractivity contribution in [2.75, 3.05) is 18.0 Å². The average Bonchev–Trinajstić information content (AvgIpc) is 3.01. The van der Waals surface area contributed by atoms with Crippen molar-refractivity contribution in [1.29, 1.82) is 0 Å². The molecule has 1 aromatic rings. The van der Waals surface area contributed by atoms with Gasteiger partial charge in [-0.25, -0.2) is 4.98 Å². The Balaban J connectivity index is 1.50. The van der Waals surface area contributed by atoms with E-state index in [4.69, 9.17) is 4.74 Å². The van der Waals surface area contributed by atoms with Gasteiger partial charge in [0.05, 0.1) is 12.2 Å². The molecule has 2 aliphatic heterocycles. The highest BCUT2D eigenvalue weighted by Gasteiger charge is 2.26. The lowest BCUT2D eigenvalue weighted by molar-refractivity contribution is -0.122. The van der Waals surface area contributed by atoms with Gasteiger partial charge in [0, 0.05) is 45.0 Å². The maximum atomic E-state index is 12.2. The van der Waals surface area contributed by atoms with Crippen molar-refractivity contribution in [3.8, 4) is 0 Å². The van der Waals surface area contributed by atoms with E-state index in [9.17, 15) is 9.59 Å². The summed E-state index contributed by atoms with van der Waals surface area (Å²) in [6.45, 7) is 3.51. The van der Waals surface area contributed by atoms with Crippen LogP contribution in [-0.4, -0.2) is 46.8 Å². The summed E-state index contributed by atoms with van der Waals surface area (Å²) in [5, 5.41) is 3.12. The minimum absolute atomic E-state index is 0.0661. The van der Waals surface area contributed by atoms with E-state index >= 15 is 0 Å². The highest BCUT2D eigenvalue weighted by Crippen LogP contribution is 2.22. The highest BCUT2D eigenvalue weighted by atomic mass is 16.5. The van der Waals surface area contributed by atoms with Gasteiger partial charge in [0.25, 0.3) is 5.56 Å². The number of aromatic nitrogens is 2. The zero-order valence-electron chi connectivity index (χ0n) is 15.1. The molecule has 2 aliphatic rings. The molecule has 0 saturated carbocycles. The largest absolute Gasteiger partial charge is 0.375 e. The smallest absolute Gasteiger partial charge is 0.293 e. The van der Waals surface area contributed by atoms with Crippen molar-refractivity contribution in [3.63, 3.8) is 0 Å². The number of amides is 1. The van der Waals surface area contributed by atoms with Crippen molar-refractivity contribution >= 4 is 11.7 Å². The summed E-state index contributed by atoms with van der Waals surface area (Å²) in [4.78, 5) is 30.7. The van der Waals surface area contributed by atoms with Gasteiger partial charge in [0.2, 0.25) is 5.91 Å². The predicted octanol–water partition coefficient (Wildman–Crippen LogP) is 1.21. The maximum absolute atomic E-state index is 12.2. The van der Waals surface area contributed by atoms with E-state index < -0.39 is 0 Å². The van der Waals surface area contributed by atoms with Gasteiger partial charge in [-0.15, -0.1) is 0 Å². The van der Waals surface area contributed by atoms with E-state index in [1.807, 2.05) is 4.90 Å². The first-order chi connectivity index (χ1) is 12.0. The molecule has 0 radical (unpaired) electrons. The number of nitrogens with zero attached hydrogens (tertiary/aromatic N) is 3. The Labute approximate surface area is 148 Å². The topological polar surface area (TPSA) is 76.5 Å². The molecule has 0 aromatic carbocycles. The molecule has 3 atom stereocenters. The number of anilines is 1. The number of rotatable bonds is 5. The van der Waals surface area contributed by atoms with Gasteiger partial charge in [-0.1, -0.05) is 0 Å². The summed E-state index contributed by atoms with van der Waals surface area (Å²) in [6, 6.07) is 0.0661. The van der Waals surface area contributed by atoms with Gasteiger partial charge in [0.1, 0.15) is 0 Å². The zero-order chi connectivity index (χ0) is 17.8. The zero-order valence-corrected chi connectivity index (χ0v) is 15.1. The average molecular weight is 348 g/mol. The number of nitrogens with one attached hydrogen (secondary N) is 1. The molecule has 25 heavy (non-hydrogen) atoms. The van der Waals surface area contributed by atoms with Crippen molar-refractivity contribution in [2.45, 2.75) is 63.7 Å². The molecule has 3 rings (SSSR count). The number of hydrogen-bond donors (Lipinski definition) is 1. The van der Waals surface area contributed by atoms with Crippen LogP contribution in [-0.2, 0) is 16.6 Å². The van der Waals surface area contributed by atoms with Gasteiger partial charge in [-0.2, -0.15) is 0 Å². The maximum Gasteiger partial charge on any atom is 0.293 e. The molecule has 0 unspecified atom stereocenters. The lowest BCUT2D eigenvalue weighted by Gasteiger charge is -2.33. The van der Waals surface area contributed by atoms with Crippen LogP contribution in [0.15, 0.2) is 17.2 Å². The lowest BCUT2D eigenvalue weighted by Crippen LogP contribution is -2.49. The molecule has 1 amide bonds. The van der Waals surface area contributed by atoms with Crippen LogP contribution in [0.1, 0.15) is 45.4 Å². The van der Waals surface area contributed by atoms with Crippen LogP contribution < -0.4 is 15.8 Å². The molecule has 138 valence electrons. The Kier molecular flexibility index (Phi) is 5.73. The van der Waals surface area contributed by atoms with Crippen LogP contribution in [0.3, 0.4) is 0 Å². The molecule has 2 saturated heterocycles. The standard InChI is InChI=1S/C18H28N4O3/c1-13-5-6-15(25-13)7-8-16(23)20-14-4-3-10-22(12-14)17-18(24)21(2)11-9-19-17/h9,11,13-15H,3-8,10,12H2,1-2H3,(H,20,23)/t13-,14+,15-/m1/s1. The molecule has 1 N–H and O–H groups in total. The molecular formula is C18H28N4O3. The normalized spacial score (nSPS) is 26.6. The molecule has 7 nitrogen and oxygen atoms in total. The third-order valence-corrected chi connectivity index (χ3v) is 5.10. The Morgan fingerprint density at radius 3 is 3.00 bits per heavy atom. The fourth-order valence-corrected chi connectivity index (χ4v) is 3.68. The Hall–Kier alpha value is -1.89. The number of carbonyl (C=O) groups is 1. The number of hydrogen-bond acceptors (Lipinski definition) is 5. The fraction of sp³-hybridized carbons (Fsp3) is 0.722. The minimum atomic E-state index is -0.0954. The van der Waals surface area contributed by atoms with E-state index in [0.717, 1.165) is 38.6 Å². The Bertz CT molecular complexity index is 660. The van der Waals surface area contributed by atoms with Crippen molar-refractivity contribution in [1.82, 2.24) is 14.9 Å². The molecule has 7 heteroatoms. The summed E-state index contributed by atoms with van der Waals surface area (Å²) in [5.41, 5.74) is -0.0954. The molecule has 1 aromatic heterocycles. The van der Waals surface area contributed by atoms with Gasteiger partial charge in [-0.05, 0) is 39.0 Å². The number of carbonyl (C=O) groups excluding carboxylic acids is 1. The first-order valence-electron chi connectivity index (χ1n) is 9.24. The Morgan fingerprint density at radius 1 is 1.40 bits per heavy atom. The van der Waals surface area contributed by atoms with Crippen LogP contribution in [0.5, 0.6) is 0 Å². The van der Waals surface area contributed by atoms with Crippen LogP contribution in [0.4, 0.5) is 5.82 Å². The van der Waals surface area contributed by atoms with Crippen LogP contribution in [0, 0.1) is 0 Å². The van der Waals surface area contributed by atoms with E-state index in [1.54, 1.807) is 19.4 Å². The van der Waals surface area contributed by atoms with E-state index in [1.165, 1.54) is 4.57 Å². The second-order valence-electron chi connectivity index (χ2n) is 7.20. The second kappa shape index (κ2) is 7.99. The first kappa shape index (κ1) is 17.9. The predicted molar refractivity (Wildman–Crippen MR) is 95.7 cm³/mol. The summed E-state index contributed by atoms with van der Waals surface area (Å²) in [5.74, 6) is 0.543. The number of ether oxygens (including phenoxy) is 1.